The monoisotopic (exact) mass is 474 g/mol. The molecule has 1 heterocycles. The van der Waals surface area contributed by atoms with E-state index >= 15 is 0 Å². The van der Waals surface area contributed by atoms with Crippen LogP contribution in [-0.4, -0.2) is 29.6 Å². The Balaban J connectivity index is 1.75. The zero-order valence-electron chi connectivity index (χ0n) is 18.5. The van der Waals surface area contributed by atoms with Gasteiger partial charge in [0.25, 0.3) is 0 Å². The van der Waals surface area contributed by atoms with Crippen LogP contribution in [0.4, 0.5) is 11.4 Å². The normalized spacial score (nSPS) is 14.8. The quantitative estimate of drug-likeness (QED) is 0.246. The van der Waals surface area contributed by atoms with Crippen molar-refractivity contribution in [1.29, 1.82) is 10.5 Å². The molecule has 172 valence electrons. The zero-order chi connectivity index (χ0) is 24.5. The van der Waals surface area contributed by atoms with Gasteiger partial charge in [0, 0.05) is 12.1 Å². The van der Waals surface area contributed by atoms with Crippen molar-refractivity contribution in [2.24, 2.45) is 0 Å². The molecular weight excluding hydrogens is 452 g/mol. The fourth-order valence-electron chi connectivity index (χ4n) is 3.18. The fourth-order valence-corrected chi connectivity index (χ4v) is 4.28. The van der Waals surface area contributed by atoms with Crippen LogP contribution in [-0.2, 0) is 14.3 Å². The predicted octanol–water partition coefficient (Wildman–Crippen LogP) is 4.38. The molecule has 0 unspecified atom stereocenters. The van der Waals surface area contributed by atoms with Gasteiger partial charge in [-0.25, -0.2) is 9.69 Å². The van der Waals surface area contributed by atoms with Crippen LogP contribution in [0.2, 0.25) is 0 Å². The SMILES string of the molecule is CCCCOC(=O)c1ccc(N2C(=O)C[C@H](SC(Nc3ccccc3)=C(C#N)C#N)C2=O)cc1. The van der Waals surface area contributed by atoms with Gasteiger partial charge in [-0.2, -0.15) is 10.5 Å². The summed E-state index contributed by atoms with van der Waals surface area (Å²) in [6.45, 7) is 2.33. The molecule has 2 amide bonds. The molecule has 1 saturated heterocycles. The van der Waals surface area contributed by atoms with E-state index in [1.807, 2.05) is 25.1 Å². The van der Waals surface area contributed by atoms with E-state index < -0.39 is 23.0 Å². The van der Waals surface area contributed by atoms with Crippen molar-refractivity contribution in [2.45, 2.75) is 31.4 Å². The molecule has 34 heavy (non-hydrogen) atoms. The van der Waals surface area contributed by atoms with Gasteiger partial charge in [-0.3, -0.25) is 9.59 Å². The van der Waals surface area contributed by atoms with Gasteiger partial charge in [0.1, 0.15) is 17.2 Å². The van der Waals surface area contributed by atoms with Gasteiger partial charge in [0.2, 0.25) is 11.8 Å². The number of nitrogens with one attached hydrogen (secondary N) is 1. The average Bonchev–Trinajstić information content (AvgIpc) is 3.13. The van der Waals surface area contributed by atoms with Crippen molar-refractivity contribution < 1.29 is 19.1 Å². The van der Waals surface area contributed by atoms with Crippen molar-refractivity contribution in [3.05, 3.63) is 70.8 Å². The van der Waals surface area contributed by atoms with E-state index in [9.17, 15) is 24.9 Å². The van der Waals surface area contributed by atoms with Gasteiger partial charge in [-0.1, -0.05) is 43.3 Å². The third-order valence-electron chi connectivity index (χ3n) is 4.94. The van der Waals surface area contributed by atoms with Crippen molar-refractivity contribution in [3.8, 4) is 12.1 Å². The first-order valence-electron chi connectivity index (χ1n) is 10.7. The summed E-state index contributed by atoms with van der Waals surface area (Å²) in [6, 6.07) is 18.7. The predicted molar refractivity (Wildman–Crippen MR) is 128 cm³/mol. The Morgan fingerprint density at radius 3 is 2.41 bits per heavy atom. The zero-order valence-corrected chi connectivity index (χ0v) is 19.3. The standard InChI is InChI=1S/C25H22N4O4S/c1-2-3-13-33-25(32)17-9-11-20(12-10-17)29-22(30)14-21(24(29)31)34-23(18(15-26)16-27)28-19-7-5-4-6-8-19/h4-12,21,28H,2-3,13-14H2,1H3/t21-/m0/s1. The number of rotatable bonds is 9. The minimum absolute atomic E-state index is 0.0889. The maximum absolute atomic E-state index is 13.1. The molecule has 1 fully saturated rings. The number of unbranched alkanes of at least 4 members (excludes halogenated alkanes) is 1. The van der Waals surface area contributed by atoms with Crippen LogP contribution in [0.1, 0.15) is 36.5 Å². The number of nitrogens with zero attached hydrogens (tertiary/aromatic N) is 3. The number of esters is 1. The van der Waals surface area contributed by atoms with E-state index in [0.29, 0.717) is 23.5 Å². The second-order valence-corrected chi connectivity index (χ2v) is 8.55. The fraction of sp³-hybridized carbons (Fsp3) is 0.240. The van der Waals surface area contributed by atoms with Crippen LogP contribution in [0.25, 0.3) is 0 Å². The highest BCUT2D eigenvalue weighted by Crippen LogP contribution is 2.35. The van der Waals surface area contributed by atoms with Crippen LogP contribution in [0.15, 0.2) is 65.2 Å². The summed E-state index contributed by atoms with van der Waals surface area (Å²) < 4.78 is 5.17. The Morgan fingerprint density at radius 1 is 1.12 bits per heavy atom. The van der Waals surface area contributed by atoms with Crippen LogP contribution in [0.5, 0.6) is 0 Å². The molecule has 3 rings (SSSR count). The van der Waals surface area contributed by atoms with Crippen LogP contribution in [0, 0.1) is 22.7 Å². The Labute approximate surface area is 201 Å². The lowest BCUT2D eigenvalue weighted by Crippen LogP contribution is -2.31. The van der Waals surface area contributed by atoms with E-state index in [0.717, 1.165) is 29.5 Å². The minimum Gasteiger partial charge on any atom is -0.462 e. The number of hydrogen-bond donors (Lipinski definition) is 1. The first kappa shape index (κ1) is 24.6. The summed E-state index contributed by atoms with van der Waals surface area (Å²) in [7, 11) is 0. The molecule has 1 aliphatic heterocycles. The number of carbonyl (C=O) groups is 3. The lowest BCUT2D eigenvalue weighted by Gasteiger charge is -2.16. The molecule has 0 saturated carbocycles. The smallest absolute Gasteiger partial charge is 0.338 e. The summed E-state index contributed by atoms with van der Waals surface area (Å²) >= 11 is 0.971. The maximum Gasteiger partial charge on any atom is 0.338 e. The molecule has 1 N–H and O–H groups in total. The number of amides is 2. The molecule has 8 nitrogen and oxygen atoms in total. The number of allylic oxidation sites excluding steroid dienone is 1. The number of nitriles is 2. The van der Waals surface area contributed by atoms with Gasteiger partial charge >= 0.3 is 5.97 Å². The van der Waals surface area contributed by atoms with Crippen molar-refractivity contribution in [2.75, 3.05) is 16.8 Å². The molecule has 0 spiro atoms. The lowest BCUT2D eigenvalue weighted by atomic mass is 10.2. The first-order valence-corrected chi connectivity index (χ1v) is 11.5. The van der Waals surface area contributed by atoms with Crippen LogP contribution in [0.3, 0.4) is 0 Å². The molecule has 1 aliphatic rings. The highest BCUT2D eigenvalue weighted by atomic mass is 32.2. The van der Waals surface area contributed by atoms with Gasteiger partial charge in [-0.15, -0.1) is 0 Å². The van der Waals surface area contributed by atoms with Crippen molar-refractivity contribution in [3.63, 3.8) is 0 Å². The van der Waals surface area contributed by atoms with Gasteiger partial charge < -0.3 is 10.1 Å². The van der Waals surface area contributed by atoms with E-state index in [-0.39, 0.29) is 17.0 Å². The number of thioether (sulfide) groups is 1. The molecule has 0 aliphatic carbocycles. The number of carbonyl (C=O) groups excluding carboxylic acids is 3. The first-order chi connectivity index (χ1) is 16.5. The Hall–Kier alpha value is -4.08. The highest BCUT2D eigenvalue weighted by Gasteiger charge is 2.41. The molecule has 0 bridgehead atoms. The number of para-hydroxylation sites is 1. The van der Waals surface area contributed by atoms with Crippen LogP contribution >= 0.6 is 11.8 Å². The summed E-state index contributed by atoms with van der Waals surface area (Å²) in [6.07, 6.45) is 1.59. The Morgan fingerprint density at radius 2 is 1.79 bits per heavy atom. The number of anilines is 2. The molecule has 1 atom stereocenters. The summed E-state index contributed by atoms with van der Waals surface area (Å²) in [4.78, 5) is 38.9. The second kappa shape index (κ2) is 11.7. The molecule has 0 radical (unpaired) electrons. The third kappa shape index (κ3) is 5.83. The summed E-state index contributed by atoms with van der Waals surface area (Å²) in [5, 5.41) is 21.1. The largest absolute Gasteiger partial charge is 0.462 e. The minimum atomic E-state index is -0.811. The highest BCUT2D eigenvalue weighted by molar-refractivity contribution is 8.04. The maximum atomic E-state index is 13.1. The molecule has 9 heteroatoms. The van der Waals surface area contributed by atoms with Crippen molar-refractivity contribution in [1.82, 2.24) is 0 Å². The van der Waals surface area contributed by atoms with E-state index in [2.05, 4.69) is 5.32 Å². The van der Waals surface area contributed by atoms with E-state index in [4.69, 9.17) is 4.74 Å². The second-order valence-electron chi connectivity index (χ2n) is 7.33. The molecular formula is C25H22N4O4S. The Kier molecular flexibility index (Phi) is 8.44. The van der Waals surface area contributed by atoms with Gasteiger partial charge in [0.05, 0.1) is 23.1 Å². The number of hydrogen-bond acceptors (Lipinski definition) is 8. The lowest BCUT2D eigenvalue weighted by molar-refractivity contribution is -0.121. The number of imide groups is 1. The van der Waals surface area contributed by atoms with Gasteiger partial charge in [-0.05, 0) is 42.8 Å². The number of ether oxygens (including phenoxy) is 1. The van der Waals surface area contributed by atoms with Crippen molar-refractivity contribution >= 4 is 40.9 Å². The van der Waals surface area contributed by atoms with Gasteiger partial charge in [0.15, 0.2) is 5.57 Å². The van der Waals surface area contributed by atoms with E-state index in [1.165, 1.54) is 24.3 Å². The number of benzene rings is 2. The van der Waals surface area contributed by atoms with Crippen LogP contribution < -0.4 is 10.2 Å². The van der Waals surface area contributed by atoms with E-state index in [1.54, 1.807) is 24.3 Å². The Bertz CT molecular complexity index is 1160. The third-order valence-corrected chi connectivity index (χ3v) is 6.13. The molecule has 2 aromatic rings. The topological polar surface area (TPSA) is 123 Å². The molecule has 0 aromatic heterocycles. The summed E-state index contributed by atoms with van der Waals surface area (Å²) in [5.74, 6) is -1.33. The summed E-state index contributed by atoms with van der Waals surface area (Å²) in [5.41, 5.74) is 1.13. The molecule has 2 aromatic carbocycles. The average molecular weight is 475 g/mol.